The first-order valence-corrected chi connectivity index (χ1v) is 8.09. The summed E-state index contributed by atoms with van der Waals surface area (Å²) in [7, 11) is -1.21. The van der Waals surface area contributed by atoms with Crippen LogP contribution in [0.1, 0.15) is 20.8 Å². The SMILES string of the molecule is CC(C)OC(=O)[C@H](C)NP(S)Oc1ccccc1. The van der Waals surface area contributed by atoms with Gasteiger partial charge in [-0.2, -0.15) is 0 Å². The molecule has 0 fully saturated rings. The first kappa shape index (κ1) is 15.3. The zero-order chi connectivity index (χ0) is 13.5. The fourth-order valence-electron chi connectivity index (χ4n) is 1.16. The highest BCUT2D eigenvalue weighted by molar-refractivity contribution is 8.43. The smallest absolute Gasteiger partial charge is 0.323 e. The van der Waals surface area contributed by atoms with Gasteiger partial charge in [-0.15, -0.1) is 0 Å². The third-order valence-electron chi connectivity index (χ3n) is 1.94. The zero-order valence-electron chi connectivity index (χ0n) is 10.7. The van der Waals surface area contributed by atoms with Gasteiger partial charge in [-0.1, -0.05) is 30.4 Å². The highest BCUT2D eigenvalue weighted by atomic mass is 32.7. The molecule has 0 aliphatic carbocycles. The Morgan fingerprint density at radius 3 is 2.44 bits per heavy atom. The van der Waals surface area contributed by atoms with Crippen LogP contribution in [0.3, 0.4) is 0 Å². The van der Waals surface area contributed by atoms with Gasteiger partial charge in [0, 0.05) is 0 Å². The number of carbonyl (C=O) groups is 1. The fraction of sp³-hybridized carbons (Fsp3) is 0.417. The number of carbonyl (C=O) groups excluding carboxylic acids is 1. The van der Waals surface area contributed by atoms with Crippen LogP contribution in [0.4, 0.5) is 0 Å². The van der Waals surface area contributed by atoms with Crippen molar-refractivity contribution in [2.75, 3.05) is 0 Å². The second-order valence-electron chi connectivity index (χ2n) is 4.01. The monoisotopic (exact) mass is 287 g/mol. The van der Waals surface area contributed by atoms with Gasteiger partial charge in [0.25, 0.3) is 0 Å². The minimum Gasteiger partial charge on any atom is -0.462 e. The summed E-state index contributed by atoms with van der Waals surface area (Å²) < 4.78 is 10.6. The van der Waals surface area contributed by atoms with Crippen molar-refractivity contribution in [2.45, 2.75) is 32.9 Å². The molecule has 1 rings (SSSR count). The molecule has 100 valence electrons. The van der Waals surface area contributed by atoms with Crippen LogP contribution in [0, 0.1) is 0 Å². The average Bonchev–Trinajstić information content (AvgIpc) is 2.29. The van der Waals surface area contributed by atoms with Crippen molar-refractivity contribution in [2.24, 2.45) is 0 Å². The van der Waals surface area contributed by atoms with Gasteiger partial charge in [0.15, 0.2) is 0 Å². The van der Waals surface area contributed by atoms with Gasteiger partial charge in [-0.05, 0) is 32.9 Å². The molecule has 0 saturated heterocycles. The van der Waals surface area contributed by atoms with Crippen LogP contribution in [0.15, 0.2) is 30.3 Å². The molecule has 0 aromatic heterocycles. The van der Waals surface area contributed by atoms with Gasteiger partial charge < -0.3 is 9.26 Å². The van der Waals surface area contributed by atoms with Crippen molar-refractivity contribution in [3.8, 4) is 5.75 Å². The first-order valence-electron chi connectivity index (χ1n) is 5.67. The molecule has 0 heterocycles. The summed E-state index contributed by atoms with van der Waals surface area (Å²) in [5, 5.41) is 2.97. The van der Waals surface area contributed by atoms with Crippen LogP contribution in [0.25, 0.3) is 0 Å². The largest absolute Gasteiger partial charge is 0.462 e. The summed E-state index contributed by atoms with van der Waals surface area (Å²) in [6.07, 6.45) is -0.122. The summed E-state index contributed by atoms with van der Waals surface area (Å²) in [6.45, 7) is 5.35. The molecule has 1 N–H and O–H groups in total. The van der Waals surface area contributed by atoms with Crippen molar-refractivity contribution < 1.29 is 14.1 Å². The van der Waals surface area contributed by atoms with Crippen LogP contribution in [0.5, 0.6) is 5.75 Å². The lowest BCUT2D eigenvalue weighted by atomic mass is 10.3. The van der Waals surface area contributed by atoms with E-state index in [1.165, 1.54) is 0 Å². The van der Waals surface area contributed by atoms with E-state index in [0.29, 0.717) is 0 Å². The van der Waals surface area contributed by atoms with Gasteiger partial charge in [0.2, 0.25) is 7.50 Å². The molecule has 4 nitrogen and oxygen atoms in total. The van der Waals surface area contributed by atoms with E-state index in [1.54, 1.807) is 6.92 Å². The van der Waals surface area contributed by atoms with E-state index in [-0.39, 0.29) is 12.1 Å². The Morgan fingerprint density at radius 1 is 1.28 bits per heavy atom. The molecule has 0 aliphatic heterocycles. The van der Waals surface area contributed by atoms with Crippen LogP contribution < -0.4 is 9.61 Å². The van der Waals surface area contributed by atoms with Crippen molar-refractivity contribution in [1.29, 1.82) is 0 Å². The Balaban J connectivity index is 2.40. The van der Waals surface area contributed by atoms with E-state index in [4.69, 9.17) is 9.26 Å². The summed E-state index contributed by atoms with van der Waals surface area (Å²) in [5.41, 5.74) is 0. The van der Waals surface area contributed by atoms with E-state index < -0.39 is 13.5 Å². The Labute approximate surface area is 114 Å². The molecule has 0 amide bonds. The van der Waals surface area contributed by atoms with Crippen molar-refractivity contribution in [1.82, 2.24) is 5.09 Å². The second-order valence-corrected chi connectivity index (χ2v) is 6.09. The standard InChI is InChI=1S/C12H18NO3PS/c1-9(2)15-12(14)10(3)13-17(18)16-11-7-5-4-6-8-11/h4-10,13,18H,1-3H3/t10-,17?/m0/s1. The Bertz CT molecular complexity index is 375. The molecule has 0 spiro atoms. The highest BCUT2D eigenvalue weighted by Gasteiger charge is 2.19. The van der Waals surface area contributed by atoms with Crippen molar-refractivity contribution in [3.63, 3.8) is 0 Å². The molecule has 18 heavy (non-hydrogen) atoms. The topological polar surface area (TPSA) is 47.6 Å². The second kappa shape index (κ2) is 7.62. The van der Waals surface area contributed by atoms with Crippen LogP contribution in [0.2, 0.25) is 0 Å². The van der Waals surface area contributed by atoms with Gasteiger partial charge in [0.1, 0.15) is 11.8 Å². The lowest BCUT2D eigenvalue weighted by molar-refractivity contribution is -0.148. The van der Waals surface area contributed by atoms with E-state index in [9.17, 15) is 4.79 Å². The average molecular weight is 287 g/mol. The third kappa shape index (κ3) is 5.71. The number of ether oxygens (including phenoxy) is 1. The molecule has 1 aromatic carbocycles. The van der Waals surface area contributed by atoms with Crippen LogP contribution in [-0.2, 0) is 9.53 Å². The van der Waals surface area contributed by atoms with Gasteiger partial charge in [-0.3, -0.25) is 4.79 Å². The molecule has 2 atom stereocenters. The van der Waals surface area contributed by atoms with E-state index in [2.05, 4.69) is 17.3 Å². The van der Waals surface area contributed by atoms with Gasteiger partial charge >= 0.3 is 5.97 Å². The van der Waals surface area contributed by atoms with E-state index in [1.807, 2.05) is 44.2 Å². The number of esters is 1. The van der Waals surface area contributed by atoms with E-state index in [0.717, 1.165) is 5.75 Å². The fourth-order valence-corrected chi connectivity index (χ4v) is 2.77. The number of rotatable bonds is 6. The quantitative estimate of drug-likeness (QED) is 0.479. The number of benzene rings is 1. The minimum absolute atomic E-state index is 0.122. The van der Waals surface area contributed by atoms with Crippen molar-refractivity contribution in [3.05, 3.63) is 30.3 Å². The summed E-state index contributed by atoms with van der Waals surface area (Å²) in [5.74, 6) is 0.416. The molecule has 6 heteroatoms. The molecular weight excluding hydrogens is 269 g/mol. The molecular formula is C12H18NO3PS. The zero-order valence-corrected chi connectivity index (χ0v) is 12.4. The van der Waals surface area contributed by atoms with Gasteiger partial charge in [0.05, 0.1) is 6.10 Å². The Hall–Kier alpha value is -0.770. The van der Waals surface area contributed by atoms with Gasteiger partial charge in [-0.25, -0.2) is 5.09 Å². The molecule has 1 unspecified atom stereocenters. The number of hydrogen-bond donors (Lipinski definition) is 2. The summed E-state index contributed by atoms with van der Waals surface area (Å²) in [6, 6.07) is 8.89. The normalized spacial score (nSPS) is 14.1. The predicted molar refractivity (Wildman–Crippen MR) is 76.8 cm³/mol. The lowest BCUT2D eigenvalue weighted by Crippen LogP contribution is -2.33. The minimum atomic E-state index is -1.21. The molecule has 0 aliphatic rings. The lowest BCUT2D eigenvalue weighted by Gasteiger charge is -2.19. The predicted octanol–water partition coefficient (Wildman–Crippen LogP) is 3.15. The number of nitrogens with one attached hydrogen (secondary N) is 1. The summed E-state index contributed by atoms with van der Waals surface area (Å²) >= 11 is 4.29. The Kier molecular flexibility index (Phi) is 6.47. The number of para-hydroxylation sites is 1. The summed E-state index contributed by atoms with van der Waals surface area (Å²) in [4.78, 5) is 11.6. The first-order chi connectivity index (χ1) is 8.49. The number of hydrogen-bond acceptors (Lipinski definition) is 5. The maximum atomic E-state index is 11.6. The molecule has 1 aromatic rings. The number of thiol groups is 1. The molecule has 0 saturated carbocycles. The maximum absolute atomic E-state index is 11.6. The highest BCUT2D eigenvalue weighted by Crippen LogP contribution is 2.38. The van der Waals surface area contributed by atoms with E-state index >= 15 is 0 Å². The molecule has 0 radical (unpaired) electrons. The van der Waals surface area contributed by atoms with Crippen LogP contribution in [-0.4, -0.2) is 18.1 Å². The Morgan fingerprint density at radius 2 is 1.89 bits per heavy atom. The molecule has 0 bridgehead atoms. The van der Waals surface area contributed by atoms with Crippen LogP contribution >= 0.6 is 19.7 Å². The third-order valence-corrected chi connectivity index (χ3v) is 3.53. The maximum Gasteiger partial charge on any atom is 0.323 e. The van der Waals surface area contributed by atoms with Crippen molar-refractivity contribution >= 4 is 25.7 Å².